The van der Waals surface area contributed by atoms with Crippen LogP contribution in [0.1, 0.15) is 10.4 Å². The fourth-order valence-corrected chi connectivity index (χ4v) is 1.43. The van der Waals surface area contributed by atoms with Gasteiger partial charge in [-0.1, -0.05) is 24.3 Å². The predicted molar refractivity (Wildman–Crippen MR) is 64.2 cm³/mol. The van der Waals surface area contributed by atoms with E-state index >= 15 is 0 Å². The number of para-hydroxylation sites is 2. The van der Waals surface area contributed by atoms with Crippen molar-refractivity contribution in [1.82, 2.24) is 0 Å². The highest BCUT2D eigenvalue weighted by molar-refractivity contribution is 6.06. The fraction of sp³-hybridized carbons (Fsp3) is 0. The normalized spacial score (nSPS) is 9.88. The standard InChI is InChI=1S/C13H11NO3/c15-11-8-4-7-10(12(11)16)13(17)14-9-5-2-1-3-6-9/h1-8,15-16H,(H,14,17). The number of carbonyl (C=O) groups excluding carboxylic acids is 1. The van der Waals surface area contributed by atoms with Crippen molar-refractivity contribution in [2.75, 3.05) is 5.32 Å². The quantitative estimate of drug-likeness (QED) is 0.692. The topological polar surface area (TPSA) is 69.6 Å². The van der Waals surface area contributed by atoms with Gasteiger partial charge in [-0.3, -0.25) is 4.79 Å². The molecular weight excluding hydrogens is 218 g/mol. The van der Waals surface area contributed by atoms with Crippen molar-refractivity contribution in [2.24, 2.45) is 0 Å². The first-order chi connectivity index (χ1) is 8.18. The molecule has 4 heteroatoms. The molecule has 0 aliphatic rings. The Balaban J connectivity index is 2.24. The Morgan fingerprint density at radius 1 is 0.941 bits per heavy atom. The summed E-state index contributed by atoms with van der Waals surface area (Å²) in [6.07, 6.45) is 0. The smallest absolute Gasteiger partial charge is 0.259 e. The largest absolute Gasteiger partial charge is 0.504 e. The van der Waals surface area contributed by atoms with Crippen LogP contribution in [-0.2, 0) is 0 Å². The van der Waals surface area contributed by atoms with Gasteiger partial charge in [0, 0.05) is 5.69 Å². The molecule has 0 radical (unpaired) electrons. The molecule has 0 unspecified atom stereocenters. The van der Waals surface area contributed by atoms with Crippen LogP contribution >= 0.6 is 0 Å². The molecular formula is C13H11NO3. The Morgan fingerprint density at radius 2 is 1.65 bits per heavy atom. The molecule has 0 bridgehead atoms. The van der Waals surface area contributed by atoms with E-state index in [2.05, 4.69) is 5.32 Å². The van der Waals surface area contributed by atoms with E-state index in [1.54, 1.807) is 24.3 Å². The van der Waals surface area contributed by atoms with E-state index in [1.807, 2.05) is 6.07 Å². The molecule has 2 rings (SSSR count). The maximum atomic E-state index is 11.8. The maximum Gasteiger partial charge on any atom is 0.259 e. The summed E-state index contributed by atoms with van der Waals surface area (Å²) in [4.78, 5) is 11.8. The summed E-state index contributed by atoms with van der Waals surface area (Å²) < 4.78 is 0. The zero-order valence-corrected chi connectivity index (χ0v) is 8.92. The minimum Gasteiger partial charge on any atom is -0.504 e. The van der Waals surface area contributed by atoms with E-state index in [0.29, 0.717) is 5.69 Å². The first-order valence-corrected chi connectivity index (χ1v) is 5.06. The summed E-state index contributed by atoms with van der Waals surface area (Å²) in [5.41, 5.74) is 0.661. The van der Waals surface area contributed by atoms with Gasteiger partial charge in [-0.15, -0.1) is 0 Å². The van der Waals surface area contributed by atoms with Crippen molar-refractivity contribution in [2.45, 2.75) is 0 Å². The van der Waals surface area contributed by atoms with Crippen LogP contribution in [0.4, 0.5) is 5.69 Å². The average molecular weight is 229 g/mol. The van der Waals surface area contributed by atoms with Gasteiger partial charge in [-0.05, 0) is 24.3 Å². The second-order valence-corrected chi connectivity index (χ2v) is 3.49. The predicted octanol–water partition coefficient (Wildman–Crippen LogP) is 2.35. The number of carbonyl (C=O) groups is 1. The molecule has 1 amide bonds. The van der Waals surface area contributed by atoms with Gasteiger partial charge in [-0.2, -0.15) is 0 Å². The summed E-state index contributed by atoms with van der Waals surface area (Å²) in [5.74, 6) is -1.20. The first kappa shape index (κ1) is 11.0. The Labute approximate surface area is 98.2 Å². The Bertz CT molecular complexity index is 538. The number of hydrogen-bond donors (Lipinski definition) is 3. The number of aromatic hydroxyl groups is 2. The summed E-state index contributed by atoms with van der Waals surface area (Å²) in [6.45, 7) is 0. The molecule has 0 aliphatic carbocycles. The van der Waals surface area contributed by atoms with E-state index < -0.39 is 11.7 Å². The number of phenolic OH excluding ortho intramolecular Hbond substituents is 2. The van der Waals surface area contributed by atoms with Crippen LogP contribution in [0.2, 0.25) is 0 Å². The summed E-state index contributed by atoms with van der Waals surface area (Å²) in [5, 5.41) is 21.4. The van der Waals surface area contributed by atoms with E-state index in [-0.39, 0.29) is 11.3 Å². The Hall–Kier alpha value is -2.49. The van der Waals surface area contributed by atoms with Crippen LogP contribution in [0, 0.1) is 0 Å². The van der Waals surface area contributed by atoms with Crippen LogP contribution in [0.3, 0.4) is 0 Å². The van der Waals surface area contributed by atoms with Gasteiger partial charge in [0.25, 0.3) is 5.91 Å². The highest BCUT2D eigenvalue weighted by atomic mass is 16.3. The van der Waals surface area contributed by atoms with Crippen molar-refractivity contribution in [3.63, 3.8) is 0 Å². The van der Waals surface area contributed by atoms with Crippen LogP contribution < -0.4 is 5.32 Å². The molecule has 0 fully saturated rings. The molecule has 0 saturated carbocycles. The number of anilines is 1. The molecule has 0 saturated heterocycles. The lowest BCUT2D eigenvalue weighted by Gasteiger charge is -2.07. The van der Waals surface area contributed by atoms with Crippen molar-refractivity contribution in [3.05, 3.63) is 54.1 Å². The van der Waals surface area contributed by atoms with E-state index in [4.69, 9.17) is 0 Å². The van der Waals surface area contributed by atoms with Gasteiger partial charge in [0.15, 0.2) is 11.5 Å². The number of amides is 1. The highest BCUT2D eigenvalue weighted by Crippen LogP contribution is 2.28. The first-order valence-electron chi connectivity index (χ1n) is 5.06. The van der Waals surface area contributed by atoms with Gasteiger partial charge < -0.3 is 15.5 Å². The van der Waals surface area contributed by atoms with E-state index in [9.17, 15) is 15.0 Å². The van der Waals surface area contributed by atoms with Crippen molar-refractivity contribution in [1.29, 1.82) is 0 Å². The molecule has 0 aliphatic heterocycles. The van der Waals surface area contributed by atoms with Gasteiger partial charge >= 0.3 is 0 Å². The summed E-state index contributed by atoms with van der Waals surface area (Å²) >= 11 is 0. The fourth-order valence-electron chi connectivity index (χ4n) is 1.43. The highest BCUT2D eigenvalue weighted by Gasteiger charge is 2.13. The maximum absolute atomic E-state index is 11.8. The van der Waals surface area contributed by atoms with Gasteiger partial charge in [0.1, 0.15) is 0 Å². The molecule has 0 atom stereocenters. The molecule has 4 nitrogen and oxygen atoms in total. The SMILES string of the molecule is O=C(Nc1ccccc1)c1cccc(O)c1O. The van der Waals surface area contributed by atoms with Crippen molar-refractivity contribution in [3.8, 4) is 11.5 Å². The van der Waals surface area contributed by atoms with Gasteiger partial charge in [0.2, 0.25) is 0 Å². The molecule has 2 aromatic carbocycles. The Kier molecular flexibility index (Phi) is 2.96. The zero-order chi connectivity index (χ0) is 12.3. The zero-order valence-electron chi connectivity index (χ0n) is 8.92. The molecule has 86 valence electrons. The van der Waals surface area contributed by atoms with Crippen molar-refractivity contribution < 1.29 is 15.0 Å². The van der Waals surface area contributed by atoms with Crippen LogP contribution in [0.5, 0.6) is 11.5 Å². The van der Waals surface area contributed by atoms with Gasteiger partial charge in [0.05, 0.1) is 5.56 Å². The molecule has 0 aromatic heterocycles. The summed E-state index contributed by atoms with van der Waals surface area (Å²) in [6, 6.07) is 13.1. The van der Waals surface area contributed by atoms with Crippen molar-refractivity contribution >= 4 is 11.6 Å². The lowest BCUT2D eigenvalue weighted by atomic mass is 10.1. The lowest BCUT2D eigenvalue weighted by molar-refractivity contribution is 0.102. The lowest BCUT2D eigenvalue weighted by Crippen LogP contribution is -2.11. The monoisotopic (exact) mass is 229 g/mol. The summed E-state index contributed by atoms with van der Waals surface area (Å²) in [7, 11) is 0. The molecule has 0 spiro atoms. The van der Waals surface area contributed by atoms with E-state index in [0.717, 1.165) is 0 Å². The number of phenols is 2. The molecule has 3 N–H and O–H groups in total. The third-order valence-corrected chi connectivity index (χ3v) is 2.29. The Morgan fingerprint density at radius 3 is 2.35 bits per heavy atom. The third-order valence-electron chi connectivity index (χ3n) is 2.29. The van der Waals surface area contributed by atoms with Crippen LogP contribution in [0.25, 0.3) is 0 Å². The number of nitrogens with one attached hydrogen (secondary N) is 1. The number of hydrogen-bond acceptors (Lipinski definition) is 3. The average Bonchev–Trinajstić information content (AvgIpc) is 2.34. The molecule has 17 heavy (non-hydrogen) atoms. The number of rotatable bonds is 2. The third kappa shape index (κ3) is 2.36. The molecule has 0 heterocycles. The second kappa shape index (κ2) is 4.57. The van der Waals surface area contributed by atoms with Crippen LogP contribution in [0.15, 0.2) is 48.5 Å². The minimum atomic E-state index is -0.468. The molecule has 2 aromatic rings. The number of benzene rings is 2. The van der Waals surface area contributed by atoms with Gasteiger partial charge in [-0.25, -0.2) is 0 Å². The van der Waals surface area contributed by atoms with E-state index in [1.165, 1.54) is 18.2 Å². The second-order valence-electron chi connectivity index (χ2n) is 3.49. The van der Waals surface area contributed by atoms with Crippen LogP contribution in [-0.4, -0.2) is 16.1 Å². The minimum absolute atomic E-state index is 0.0360.